The lowest BCUT2D eigenvalue weighted by molar-refractivity contribution is -0.147. The van der Waals surface area contributed by atoms with Gasteiger partial charge in [0.25, 0.3) is 5.91 Å². The molecule has 0 radical (unpaired) electrons. The summed E-state index contributed by atoms with van der Waals surface area (Å²) in [6.45, 7) is -0.614. The number of hydrogen-bond donors (Lipinski definition) is 2. The van der Waals surface area contributed by atoms with Gasteiger partial charge in [-0.1, -0.05) is 48.0 Å². The molecule has 0 spiro atoms. The highest BCUT2D eigenvalue weighted by atomic mass is 35.5. The first-order chi connectivity index (χ1) is 17.3. The molecule has 0 saturated heterocycles. The summed E-state index contributed by atoms with van der Waals surface area (Å²) >= 11 is 7.51. The highest BCUT2D eigenvalue weighted by molar-refractivity contribution is 8.01. The Hall–Kier alpha value is -3.95. The summed E-state index contributed by atoms with van der Waals surface area (Å²) in [5.41, 5.74) is 1.63. The molecule has 0 aromatic heterocycles. The topological polar surface area (TPSA) is 119 Å². The van der Waals surface area contributed by atoms with Gasteiger partial charge in [0.15, 0.2) is 18.2 Å². The Bertz CT molecular complexity index is 1470. The number of anilines is 2. The highest BCUT2D eigenvalue weighted by Gasteiger charge is 2.31. The third-order valence-corrected chi connectivity index (χ3v) is 7.30. The molecule has 1 aliphatic heterocycles. The van der Waals surface area contributed by atoms with E-state index in [0.717, 1.165) is 4.90 Å². The molecule has 0 saturated carbocycles. The van der Waals surface area contributed by atoms with E-state index in [1.807, 2.05) is 12.1 Å². The van der Waals surface area contributed by atoms with Gasteiger partial charge in [-0.3, -0.25) is 24.0 Å². The Kier molecular flexibility index (Phi) is 6.34. The van der Waals surface area contributed by atoms with Gasteiger partial charge in [-0.2, -0.15) is 0 Å². The molecule has 5 rings (SSSR count). The average molecular weight is 521 g/mol. The summed E-state index contributed by atoms with van der Waals surface area (Å²) in [6.07, 6.45) is -0.215. The first-order valence-corrected chi connectivity index (χ1v) is 12.1. The average Bonchev–Trinajstić information content (AvgIpc) is 2.87. The number of ketones is 2. The fourth-order valence-electron chi connectivity index (χ4n) is 3.98. The van der Waals surface area contributed by atoms with Gasteiger partial charge in [-0.15, -0.1) is 11.8 Å². The van der Waals surface area contributed by atoms with Gasteiger partial charge in [0.1, 0.15) is 0 Å². The number of hydrogen-bond acceptors (Lipinski definition) is 7. The molecule has 0 fully saturated rings. The normalized spacial score (nSPS) is 15.8. The van der Waals surface area contributed by atoms with Crippen LogP contribution in [0.25, 0.3) is 0 Å². The molecule has 36 heavy (non-hydrogen) atoms. The standard InChI is InChI=1S/C26H17ClN2O6S/c27-17-9-15-16(25(33)14-6-2-1-5-13(14)24(15)32)10-19(17)28-22(30)12-35-23(31)11-21-26(34)29-18-7-3-4-8-20(18)36-21/h1-10,21H,11-12H2,(H,28,30)(H,29,34)/t21-/m0/s1. The zero-order valence-corrected chi connectivity index (χ0v) is 20.1. The van der Waals surface area contributed by atoms with E-state index < -0.39 is 23.7 Å². The Balaban J connectivity index is 1.22. The molecule has 3 aromatic carbocycles. The van der Waals surface area contributed by atoms with Crippen molar-refractivity contribution in [3.05, 3.63) is 87.9 Å². The van der Waals surface area contributed by atoms with Crippen LogP contribution in [0.15, 0.2) is 65.6 Å². The summed E-state index contributed by atoms with van der Waals surface area (Å²) < 4.78 is 5.04. The van der Waals surface area contributed by atoms with Crippen LogP contribution in [-0.4, -0.2) is 41.2 Å². The van der Waals surface area contributed by atoms with Crippen molar-refractivity contribution in [2.75, 3.05) is 17.2 Å². The molecule has 2 amide bonds. The van der Waals surface area contributed by atoms with Gasteiger partial charge < -0.3 is 15.4 Å². The third kappa shape index (κ3) is 4.50. The highest BCUT2D eigenvalue weighted by Crippen LogP contribution is 2.37. The summed E-state index contributed by atoms with van der Waals surface area (Å²) in [6, 6.07) is 16.4. The molecule has 3 aromatic rings. The van der Waals surface area contributed by atoms with Crippen molar-refractivity contribution in [1.82, 2.24) is 0 Å². The molecule has 1 aliphatic carbocycles. The SMILES string of the molecule is O=C(COC(=O)C[C@@H]1Sc2ccccc2NC1=O)Nc1cc2c(cc1Cl)C(=O)c1ccccc1C2=O. The van der Waals surface area contributed by atoms with E-state index in [9.17, 15) is 24.0 Å². The van der Waals surface area contributed by atoms with Crippen molar-refractivity contribution in [2.45, 2.75) is 16.6 Å². The molecule has 2 aliphatic rings. The van der Waals surface area contributed by atoms with Crippen LogP contribution in [0, 0.1) is 0 Å². The van der Waals surface area contributed by atoms with Crippen LogP contribution >= 0.6 is 23.4 Å². The molecule has 1 heterocycles. The Morgan fingerprint density at radius 2 is 1.56 bits per heavy atom. The lowest BCUT2D eigenvalue weighted by atomic mass is 9.84. The predicted octanol–water partition coefficient (Wildman–Crippen LogP) is 4.10. The van der Waals surface area contributed by atoms with E-state index in [-0.39, 0.29) is 51.3 Å². The molecule has 2 N–H and O–H groups in total. The van der Waals surface area contributed by atoms with Gasteiger partial charge in [-0.25, -0.2) is 0 Å². The number of rotatable bonds is 5. The minimum Gasteiger partial charge on any atom is -0.456 e. The number of nitrogens with one attached hydrogen (secondary N) is 2. The molecule has 8 nitrogen and oxygen atoms in total. The van der Waals surface area contributed by atoms with Crippen molar-refractivity contribution in [2.24, 2.45) is 0 Å². The number of carbonyl (C=O) groups is 5. The number of para-hydroxylation sites is 1. The minimum absolute atomic E-state index is 0.0582. The number of carbonyl (C=O) groups excluding carboxylic acids is 5. The second kappa shape index (κ2) is 9.60. The molecule has 0 bridgehead atoms. The van der Waals surface area contributed by atoms with Crippen LogP contribution in [0.1, 0.15) is 38.3 Å². The summed E-state index contributed by atoms with van der Waals surface area (Å²) in [7, 11) is 0. The van der Waals surface area contributed by atoms with E-state index in [2.05, 4.69) is 10.6 Å². The van der Waals surface area contributed by atoms with Crippen molar-refractivity contribution in [3.8, 4) is 0 Å². The van der Waals surface area contributed by atoms with Crippen LogP contribution in [0.3, 0.4) is 0 Å². The largest absolute Gasteiger partial charge is 0.456 e. The van der Waals surface area contributed by atoms with Crippen molar-refractivity contribution >= 4 is 64.1 Å². The predicted molar refractivity (Wildman–Crippen MR) is 134 cm³/mol. The second-order valence-corrected chi connectivity index (χ2v) is 9.74. The van der Waals surface area contributed by atoms with E-state index in [1.165, 1.54) is 23.9 Å². The third-order valence-electron chi connectivity index (χ3n) is 5.71. The Labute approximate surface area is 214 Å². The first kappa shape index (κ1) is 23.8. The molecule has 0 unspecified atom stereocenters. The van der Waals surface area contributed by atoms with Crippen LogP contribution in [0.5, 0.6) is 0 Å². The number of amides is 2. The smallest absolute Gasteiger partial charge is 0.307 e. The van der Waals surface area contributed by atoms with Crippen LogP contribution < -0.4 is 10.6 Å². The summed E-state index contributed by atoms with van der Waals surface area (Å²) in [5.74, 6) is -2.41. The molecule has 1 atom stereocenters. The Morgan fingerprint density at radius 3 is 2.28 bits per heavy atom. The van der Waals surface area contributed by atoms with Crippen LogP contribution in [0.2, 0.25) is 5.02 Å². The van der Waals surface area contributed by atoms with Crippen molar-refractivity contribution in [1.29, 1.82) is 0 Å². The lowest BCUT2D eigenvalue weighted by Gasteiger charge is -2.23. The van der Waals surface area contributed by atoms with Gasteiger partial charge in [0, 0.05) is 27.1 Å². The summed E-state index contributed by atoms with van der Waals surface area (Å²) in [5, 5.41) is 4.62. The van der Waals surface area contributed by atoms with Crippen LogP contribution in [0.4, 0.5) is 11.4 Å². The number of thioether (sulfide) groups is 1. The molecule has 180 valence electrons. The molecular formula is C26H17ClN2O6S. The minimum atomic E-state index is -0.717. The Morgan fingerprint density at radius 1 is 0.917 bits per heavy atom. The maximum atomic E-state index is 12.9. The van der Waals surface area contributed by atoms with E-state index in [4.69, 9.17) is 16.3 Å². The van der Waals surface area contributed by atoms with Crippen molar-refractivity contribution < 1.29 is 28.7 Å². The maximum absolute atomic E-state index is 12.9. The number of benzene rings is 3. The van der Waals surface area contributed by atoms with E-state index >= 15 is 0 Å². The fraction of sp³-hybridized carbons (Fsp3) is 0.115. The number of ether oxygens (including phenoxy) is 1. The van der Waals surface area contributed by atoms with Gasteiger partial charge in [0.05, 0.1) is 28.1 Å². The molecule has 10 heteroatoms. The van der Waals surface area contributed by atoms with Gasteiger partial charge >= 0.3 is 5.97 Å². The zero-order valence-electron chi connectivity index (χ0n) is 18.5. The van der Waals surface area contributed by atoms with Crippen molar-refractivity contribution in [3.63, 3.8) is 0 Å². The quantitative estimate of drug-likeness (QED) is 0.380. The van der Waals surface area contributed by atoms with Gasteiger partial charge in [-0.05, 0) is 24.3 Å². The first-order valence-electron chi connectivity index (χ1n) is 10.9. The number of halogens is 1. The van der Waals surface area contributed by atoms with E-state index in [0.29, 0.717) is 11.3 Å². The maximum Gasteiger partial charge on any atom is 0.307 e. The van der Waals surface area contributed by atoms with E-state index in [1.54, 1.807) is 36.4 Å². The number of fused-ring (bicyclic) bond motifs is 3. The summed E-state index contributed by atoms with van der Waals surface area (Å²) in [4.78, 5) is 63.5. The second-order valence-electron chi connectivity index (χ2n) is 8.09. The number of esters is 1. The fourth-order valence-corrected chi connectivity index (χ4v) is 5.29. The zero-order chi connectivity index (χ0) is 25.4. The monoisotopic (exact) mass is 520 g/mol. The molecular weight excluding hydrogens is 504 g/mol. The van der Waals surface area contributed by atoms with Gasteiger partial charge in [0.2, 0.25) is 5.91 Å². The lowest BCUT2D eigenvalue weighted by Crippen LogP contribution is -2.32. The van der Waals surface area contributed by atoms with Crippen LogP contribution in [-0.2, 0) is 19.1 Å².